The van der Waals surface area contributed by atoms with Gasteiger partial charge in [-0.3, -0.25) is 14.5 Å². The summed E-state index contributed by atoms with van der Waals surface area (Å²) in [6.45, 7) is 2.29. The molecule has 2 aliphatic rings. The van der Waals surface area contributed by atoms with Gasteiger partial charge in [0.25, 0.3) is 5.91 Å². The molecule has 0 spiro atoms. The summed E-state index contributed by atoms with van der Waals surface area (Å²) in [6, 6.07) is 9.76. The lowest BCUT2D eigenvalue weighted by Gasteiger charge is -2.47. The summed E-state index contributed by atoms with van der Waals surface area (Å²) in [4.78, 5) is 19.4. The highest BCUT2D eigenvalue weighted by molar-refractivity contribution is 5.76. The number of fused-ring (bicyclic) bond motifs is 1. The zero-order chi connectivity index (χ0) is 16.1. The van der Waals surface area contributed by atoms with Gasteiger partial charge in [0.05, 0.1) is 18.8 Å². The van der Waals surface area contributed by atoms with Gasteiger partial charge >= 0.3 is 0 Å². The Hall–Kier alpha value is -1.43. The maximum absolute atomic E-state index is 12.0. The first-order valence-corrected chi connectivity index (χ1v) is 8.55. The van der Waals surface area contributed by atoms with E-state index in [9.17, 15) is 9.90 Å². The minimum Gasteiger partial charge on any atom is -0.390 e. The lowest BCUT2D eigenvalue weighted by Crippen LogP contribution is -2.54. The number of piperidine rings is 1. The molecule has 5 nitrogen and oxygen atoms in total. The second-order valence-electron chi connectivity index (χ2n) is 6.83. The average Bonchev–Trinajstić information content (AvgIpc) is 2.56. The summed E-state index contributed by atoms with van der Waals surface area (Å²) in [5.41, 5.74) is 3.05. The normalized spacial score (nSPS) is 28.1. The summed E-state index contributed by atoms with van der Waals surface area (Å²) >= 11 is 0. The number of carbonyl (C=O) groups is 1. The predicted octanol–water partition coefficient (Wildman–Crippen LogP) is 1.86. The highest BCUT2D eigenvalue weighted by atomic mass is 16.6. The van der Waals surface area contributed by atoms with Crippen molar-refractivity contribution in [2.75, 3.05) is 19.6 Å². The largest absolute Gasteiger partial charge is 0.390 e. The Morgan fingerprint density at radius 3 is 2.96 bits per heavy atom. The maximum atomic E-state index is 12.0. The van der Waals surface area contributed by atoms with Crippen molar-refractivity contribution in [3.63, 3.8) is 0 Å². The first-order chi connectivity index (χ1) is 11.2. The second-order valence-corrected chi connectivity index (χ2v) is 6.83. The number of nitrogens with zero attached hydrogens (tertiary/aromatic N) is 1. The molecule has 0 radical (unpaired) electrons. The fourth-order valence-corrected chi connectivity index (χ4v) is 3.79. The highest BCUT2D eigenvalue weighted by Crippen LogP contribution is 2.39. The molecule has 1 aromatic carbocycles. The number of likely N-dealkylation sites (tertiary alicyclic amines) is 1. The van der Waals surface area contributed by atoms with Gasteiger partial charge in [-0.2, -0.15) is 0 Å². The number of hydrogen-bond donors (Lipinski definition) is 2. The second kappa shape index (κ2) is 7.43. The lowest BCUT2D eigenvalue weighted by atomic mass is 9.71. The number of carbonyl (C=O) groups excluding carboxylic acids is 1. The molecule has 0 aromatic heterocycles. The molecular weight excluding hydrogens is 292 g/mol. The first-order valence-electron chi connectivity index (χ1n) is 8.55. The number of nitrogens with one attached hydrogen (secondary N) is 1. The van der Waals surface area contributed by atoms with Gasteiger partial charge in [0.1, 0.15) is 0 Å². The number of hydrogen-bond acceptors (Lipinski definition) is 4. The molecule has 3 rings (SSSR count). The van der Waals surface area contributed by atoms with Gasteiger partial charge in [-0.15, -0.1) is 0 Å². The topological polar surface area (TPSA) is 61.8 Å². The minimum atomic E-state index is -0.491. The van der Waals surface area contributed by atoms with Gasteiger partial charge in [0.15, 0.2) is 0 Å². The van der Waals surface area contributed by atoms with Gasteiger partial charge < -0.3 is 5.11 Å². The van der Waals surface area contributed by atoms with E-state index in [1.807, 2.05) is 30.3 Å². The van der Waals surface area contributed by atoms with E-state index in [1.165, 1.54) is 6.42 Å². The quantitative estimate of drug-likeness (QED) is 0.814. The number of benzene rings is 1. The Balaban J connectivity index is 1.40. The number of hydroxylamine groups is 1. The van der Waals surface area contributed by atoms with Gasteiger partial charge in [-0.05, 0) is 24.8 Å². The van der Waals surface area contributed by atoms with Crippen LogP contribution in [-0.4, -0.2) is 41.1 Å². The molecule has 2 N–H and O–H groups in total. The standard InChI is InChI=1S/C18H26N2O3/c21-17(19-23-14-15-6-2-1-3-7-15)13-20-11-10-18(22)9-5-4-8-16(18)12-20/h1-3,6-7,16,22H,4-5,8-14H2,(H,19,21). The van der Waals surface area contributed by atoms with Crippen LogP contribution in [0, 0.1) is 5.92 Å². The van der Waals surface area contributed by atoms with Crippen LogP contribution < -0.4 is 5.48 Å². The van der Waals surface area contributed by atoms with Crippen molar-refractivity contribution < 1.29 is 14.7 Å². The van der Waals surface area contributed by atoms with E-state index in [4.69, 9.17) is 4.84 Å². The van der Waals surface area contributed by atoms with Crippen molar-refractivity contribution >= 4 is 5.91 Å². The first kappa shape index (κ1) is 16.4. The molecule has 1 amide bonds. The summed E-state index contributed by atoms with van der Waals surface area (Å²) in [5, 5.41) is 10.7. The molecule has 2 unspecified atom stereocenters. The highest BCUT2D eigenvalue weighted by Gasteiger charge is 2.42. The molecule has 1 saturated heterocycles. The molecule has 23 heavy (non-hydrogen) atoms. The van der Waals surface area contributed by atoms with Crippen LogP contribution in [0.3, 0.4) is 0 Å². The average molecular weight is 318 g/mol. The van der Waals surface area contributed by atoms with E-state index in [0.717, 1.165) is 44.3 Å². The van der Waals surface area contributed by atoms with Gasteiger partial charge in [-0.1, -0.05) is 43.2 Å². The molecule has 126 valence electrons. The van der Waals surface area contributed by atoms with Crippen molar-refractivity contribution in [1.29, 1.82) is 0 Å². The Morgan fingerprint density at radius 2 is 2.13 bits per heavy atom. The van der Waals surface area contributed by atoms with Crippen molar-refractivity contribution in [1.82, 2.24) is 10.4 Å². The van der Waals surface area contributed by atoms with Gasteiger partial charge in [-0.25, -0.2) is 5.48 Å². The van der Waals surface area contributed by atoms with Crippen molar-refractivity contribution in [3.8, 4) is 0 Å². The van der Waals surface area contributed by atoms with E-state index in [-0.39, 0.29) is 5.91 Å². The number of rotatable bonds is 5. The molecule has 1 aromatic rings. The van der Waals surface area contributed by atoms with Crippen LogP contribution in [-0.2, 0) is 16.2 Å². The van der Waals surface area contributed by atoms with E-state index in [0.29, 0.717) is 19.1 Å². The minimum absolute atomic E-state index is 0.123. The van der Waals surface area contributed by atoms with Gasteiger partial charge in [0, 0.05) is 19.0 Å². The predicted molar refractivity (Wildman–Crippen MR) is 87.3 cm³/mol. The lowest BCUT2D eigenvalue weighted by molar-refractivity contribution is -0.139. The van der Waals surface area contributed by atoms with Crippen LogP contribution in [0.25, 0.3) is 0 Å². The summed E-state index contributed by atoms with van der Waals surface area (Å²) < 4.78 is 0. The zero-order valence-electron chi connectivity index (χ0n) is 13.5. The third kappa shape index (κ3) is 4.31. The monoisotopic (exact) mass is 318 g/mol. The SMILES string of the molecule is O=C(CN1CCC2(O)CCCCC2C1)NOCc1ccccc1. The summed E-state index contributed by atoms with van der Waals surface area (Å²) in [7, 11) is 0. The molecule has 1 aliphatic carbocycles. The van der Waals surface area contributed by atoms with E-state index in [1.54, 1.807) is 0 Å². The molecule has 5 heteroatoms. The van der Waals surface area contributed by atoms with E-state index in [2.05, 4.69) is 10.4 Å². The molecular formula is C18H26N2O3. The van der Waals surface area contributed by atoms with Crippen LogP contribution in [0.15, 0.2) is 30.3 Å². The molecule has 2 atom stereocenters. The van der Waals surface area contributed by atoms with Crippen LogP contribution in [0.4, 0.5) is 0 Å². The Morgan fingerprint density at radius 1 is 1.30 bits per heavy atom. The number of amides is 1. The third-order valence-corrected chi connectivity index (χ3v) is 5.15. The Labute approximate surface area is 137 Å². The zero-order valence-corrected chi connectivity index (χ0v) is 13.5. The molecule has 1 heterocycles. The summed E-state index contributed by atoms with van der Waals surface area (Å²) in [5.74, 6) is 0.185. The van der Waals surface area contributed by atoms with Crippen LogP contribution in [0.2, 0.25) is 0 Å². The fourth-order valence-electron chi connectivity index (χ4n) is 3.79. The van der Waals surface area contributed by atoms with Crippen molar-refractivity contribution in [2.24, 2.45) is 5.92 Å². The third-order valence-electron chi connectivity index (χ3n) is 5.15. The maximum Gasteiger partial charge on any atom is 0.257 e. The molecule has 1 saturated carbocycles. The van der Waals surface area contributed by atoms with Gasteiger partial charge in [0.2, 0.25) is 0 Å². The summed E-state index contributed by atoms with van der Waals surface area (Å²) in [6.07, 6.45) is 5.07. The van der Waals surface area contributed by atoms with Crippen LogP contribution in [0.1, 0.15) is 37.7 Å². The van der Waals surface area contributed by atoms with Crippen LogP contribution >= 0.6 is 0 Å². The number of aliphatic hydroxyl groups is 1. The van der Waals surface area contributed by atoms with E-state index >= 15 is 0 Å². The smallest absolute Gasteiger partial charge is 0.257 e. The Bertz CT molecular complexity index is 522. The molecule has 1 aliphatic heterocycles. The van der Waals surface area contributed by atoms with Crippen molar-refractivity contribution in [3.05, 3.63) is 35.9 Å². The van der Waals surface area contributed by atoms with Crippen molar-refractivity contribution in [2.45, 2.75) is 44.3 Å². The van der Waals surface area contributed by atoms with E-state index < -0.39 is 5.60 Å². The molecule has 0 bridgehead atoms. The van der Waals surface area contributed by atoms with Crippen LogP contribution in [0.5, 0.6) is 0 Å². The molecule has 2 fully saturated rings. The fraction of sp³-hybridized carbons (Fsp3) is 0.611. The Kier molecular flexibility index (Phi) is 5.30.